The molecular weight excluding hydrogens is 314 g/mol. The standard InChI is InChI=1S/C11H15N5O3S2/c17-10(12-5-3-9-13-8-14-16-9)4-6-15-21(18,19)11-2-1-7-20-11/h1-2,7-8,15H,3-6H2,(H,12,17)(H,13,14,16). The van der Waals surface area contributed by atoms with Crippen LogP contribution in [0.5, 0.6) is 0 Å². The van der Waals surface area contributed by atoms with Crippen molar-refractivity contribution >= 4 is 27.3 Å². The molecule has 2 rings (SSSR count). The fourth-order valence-corrected chi connectivity index (χ4v) is 3.62. The summed E-state index contributed by atoms with van der Waals surface area (Å²) in [6.45, 7) is 0.486. The van der Waals surface area contributed by atoms with Gasteiger partial charge in [0, 0.05) is 25.9 Å². The Morgan fingerprint density at radius 1 is 1.38 bits per heavy atom. The van der Waals surface area contributed by atoms with Crippen LogP contribution in [0.1, 0.15) is 12.2 Å². The molecule has 0 saturated carbocycles. The van der Waals surface area contributed by atoms with Crippen LogP contribution in [0.2, 0.25) is 0 Å². The van der Waals surface area contributed by atoms with Gasteiger partial charge in [-0.05, 0) is 11.4 Å². The van der Waals surface area contributed by atoms with E-state index in [2.05, 4.69) is 25.2 Å². The van der Waals surface area contributed by atoms with Gasteiger partial charge in [0.1, 0.15) is 16.4 Å². The molecule has 0 aliphatic carbocycles. The zero-order chi connectivity index (χ0) is 15.1. The second-order valence-electron chi connectivity index (χ2n) is 4.11. The van der Waals surface area contributed by atoms with Crippen LogP contribution in [0.25, 0.3) is 0 Å². The number of rotatable bonds is 8. The Morgan fingerprint density at radius 2 is 2.24 bits per heavy atom. The lowest BCUT2D eigenvalue weighted by Crippen LogP contribution is -2.31. The second-order valence-corrected chi connectivity index (χ2v) is 7.05. The Morgan fingerprint density at radius 3 is 2.90 bits per heavy atom. The molecule has 0 unspecified atom stereocenters. The summed E-state index contributed by atoms with van der Waals surface area (Å²) in [6.07, 6.45) is 2.03. The van der Waals surface area contributed by atoms with E-state index in [1.807, 2.05) is 0 Å². The Bertz CT molecular complexity index is 652. The lowest BCUT2D eigenvalue weighted by atomic mass is 10.3. The number of aromatic amines is 1. The van der Waals surface area contributed by atoms with Gasteiger partial charge in [-0.2, -0.15) is 5.10 Å². The van der Waals surface area contributed by atoms with E-state index in [-0.39, 0.29) is 23.1 Å². The van der Waals surface area contributed by atoms with Crippen LogP contribution in [-0.2, 0) is 21.2 Å². The first-order valence-electron chi connectivity index (χ1n) is 6.22. The topological polar surface area (TPSA) is 117 Å². The van der Waals surface area contributed by atoms with E-state index in [0.717, 1.165) is 11.3 Å². The number of nitrogens with one attached hydrogen (secondary N) is 3. The minimum atomic E-state index is -3.50. The summed E-state index contributed by atoms with van der Waals surface area (Å²) in [6, 6.07) is 3.18. The smallest absolute Gasteiger partial charge is 0.250 e. The Kier molecular flexibility index (Phi) is 5.42. The van der Waals surface area contributed by atoms with E-state index < -0.39 is 10.0 Å². The van der Waals surface area contributed by atoms with Crippen LogP contribution in [0.4, 0.5) is 0 Å². The largest absolute Gasteiger partial charge is 0.356 e. The number of nitrogens with zero attached hydrogens (tertiary/aromatic N) is 2. The molecule has 2 aromatic heterocycles. The quantitative estimate of drug-likeness (QED) is 0.625. The third-order valence-corrected chi connectivity index (χ3v) is 5.41. The molecular formula is C11H15N5O3S2. The first-order valence-corrected chi connectivity index (χ1v) is 8.58. The van der Waals surface area contributed by atoms with E-state index in [0.29, 0.717) is 18.8 Å². The predicted octanol–water partition coefficient (Wildman–Crippen LogP) is -0.107. The zero-order valence-electron chi connectivity index (χ0n) is 11.1. The fraction of sp³-hybridized carbons (Fsp3) is 0.364. The van der Waals surface area contributed by atoms with Crippen LogP contribution in [0.15, 0.2) is 28.0 Å². The molecule has 0 bridgehead atoms. The van der Waals surface area contributed by atoms with Crippen molar-refractivity contribution in [3.8, 4) is 0 Å². The highest BCUT2D eigenvalue weighted by atomic mass is 32.2. The van der Waals surface area contributed by atoms with Gasteiger partial charge in [0.15, 0.2) is 0 Å². The van der Waals surface area contributed by atoms with Crippen LogP contribution in [0.3, 0.4) is 0 Å². The summed E-state index contributed by atoms with van der Waals surface area (Å²) in [5.74, 6) is 0.470. The molecule has 21 heavy (non-hydrogen) atoms. The summed E-state index contributed by atoms with van der Waals surface area (Å²) in [5.41, 5.74) is 0. The molecule has 114 valence electrons. The van der Waals surface area contributed by atoms with Gasteiger partial charge in [-0.15, -0.1) is 11.3 Å². The maximum atomic E-state index is 11.8. The average Bonchev–Trinajstić information content (AvgIpc) is 3.12. The maximum Gasteiger partial charge on any atom is 0.250 e. The number of amides is 1. The highest BCUT2D eigenvalue weighted by Crippen LogP contribution is 2.14. The van der Waals surface area contributed by atoms with Crippen molar-refractivity contribution < 1.29 is 13.2 Å². The van der Waals surface area contributed by atoms with Crippen molar-refractivity contribution in [2.45, 2.75) is 17.1 Å². The highest BCUT2D eigenvalue weighted by Gasteiger charge is 2.14. The highest BCUT2D eigenvalue weighted by molar-refractivity contribution is 7.91. The number of thiophene rings is 1. The monoisotopic (exact) mass is 329 g/mol. The SMILES string of the molecule is O=C(CCNS(=O)(=O)c1cccs1)NCCc1ncn[nH]1. The number of H-pyrrole nitrogens is 1. The van der Waals surface area contributed by atoms with Crippen LogP contribution < -0.4 is 10.0 Å². The number of hydrogen-bond donors (Lipinski definition) is 3. The number of carbonyl (C=O) groups excluding carboxylic acids is 1. The summed E-state index contributed by atoms with van der Waals surface area (Å²) in [4.78, 5) is 15.5. The number of hydrogen-bond acceptors (Lipinski definition) is 6. The van der Waals surface area contributed by atoms with Gasteiger partial charge in [0.2, 0.25) is 15.9 Å². The predicted molar refractivity (Wildman–Crippen MR) is 77.2 cm³/mol. The van der Waals surface area contributed by atoms with Crippen molar-refractivity contribution in [1.29, 1.82) is 0 Å². The molecule has 2 heterocycles. The van der Waals surface area contributed by atoms with Crippen LogP contribution in [0, 0.1) is 0 Å². The first-order chi connectivity index (χ1) is 10.1. The second kappa shape index (κ2) is 7.29. The van der Waals surface area contributed by atoms with Crippen molar-refractivity contribution in [3.63, 3.8) is 0 Å². The molecule has 0 radical (unpaired) electrons. The van der Waals surface area contributed by atoms with Crippen molar-refractivity contribution in [2.24, 2.45) is 0 Å². The molecule has 0 spiro atoms. The third-order valence-electron chi connectivity index (χ3n) is 2.55. The maximum absolute atomic E-state index is 11.8. The lowest BCUT2D eigenvalue weighted by molar-refractivity contribution is -0.120. The molecule has 2 aromatic rings. The summed E-state index contributed by atoms with van der Waals surface area (Å²) >= 11 is 1.13. The van der Waals surface area contributed by atoms with Gasteiger partial charge < -0.3 is 5.32 Å². The molecule has 0 atom stereocenters. The van der Waals surface area contributed by atoms with Gasteiger partial charge in [-0.25, -0.2) is 18.1 Å². The molecule has 10 heteroatoms. The normalized spacial score (nSPS) is 11.4. The molecule has 0 saturated heterocycles. The number of aromatic nitrogens is 3. The molecule has 0 aliphatic heterocycles. The molecule has 3 N–H and O–H groups in total. The van der Waals surface area contributed by atoms with Gasteiger partial charge >= 0.3 is 0 Å². The van der Waals surface area contributed by atoms with Crippen molar-refractivity contribution in [3.05, 3.63) is 29.7 Å². The summed E-state index contributed by atoms with van der Waals surface area (Å²) < 4.78 is 26.2. The number of carbonyl (C=O) groups is 1. The van der Waals surface area contributed by atoms with Gasteiger partial charge in [-0.3, -0.25) is 9.89 Å². The molecule has 0 aromatic carbocycles. The summed E-state index contributed by atoms with van der Waals surface area (Å²) in [5, 5.41) is 10.8. The minimum absolute atomic E-state index is 0.0639. The Hall–Kier alpha value is -1.78. The van der Waals surface area contributed by atoms with Crippen molar-refractivity contribution in [1.82, 2.24) is 25.2 Å². The van der Waals surface area contributed by atoms with E-state index in [1.165, 1.54) is 12.4 Å². The van der Waals surface area contributed by atoms with Crippen molar-refractivity contribution in [2.75, 3.05) is 13.1 Å². The van der Waals surface area contributed by atoms with E-state index in [9.17, 15) is 13.2 Å². The van der Waals surface area contributed by atoms with Gasteiger partial charge in [0.05, 0.1) is 0 Å². The molecule has 8 nitrogen and oxygen atoms in total. The first kappa shape index (κ1) is 15.6. The molecule has 0 fully saturated rings. The minimum Gasteiger partial charge on any atom is -0.356 e. The van der Waals surface area contributed by atoms with E-state index in [4.69, 9.17) is 0 Å². The zero-order valence-corrected chi connectivity index (χ0v) is 12.7. The van der Waals surface area contributed by atoms with E-state index in [1.54, 1.807) is 11.4 Å². The molecule has 0 aliphatic rings. The van der Waals surface area contributed by atoms with Gasteiger partial charge in [0.25, 0.3) is 0 Å². The number of sulfonamides is 1. The van der Waals surface area contributed by atoms with E-state index >= 15 is 0 Å². The molecule has 1 amide bonds. The Balaban J connectivity index is 1.65. The fourth-order valence-electron chi connectivity index (χ4n) is 1.55. The third kappa shape index (κ3) is 4.92. The Labute approximate surface area is 126 Å². The summed E-state index contributed by atoms with van der Waals surface area (Å²) in [7, 11) is -3.50. The van der Waals surface area contributed by atoms with Crippen LogP contribution in [-0.4, -0.2) is 42.6 Å². The lowest BCUT2D eigenvalue weighted by Gasteiger charge is -2.05. The van der Waals surface area contributed by atoms with Gasteiger partial charge in [-0.1, -0.05) is 6.07 Å². The average molecular weight is 329 g/mol. The van der Waals surface area contributed by atoms with Crippen LogP contribution >= 0.6 is 11.3 Å².